The number of hydrogen-bond donors (Lipinski definition) is 1. The Morgan fingerprint density at radius 2 is 2.11 bits per heavy atom. The topological polar surface area (TPSA) is 42.1 Å². The molecule has 0 radical (unpaired) electrons. The molecule has 2 N–H and O–H groups in total. The first-order valence-corrected chi connectivity index (χ1v) is 8.32. The zero-order valence-electron chi connectivity index (χ0n) is 12.4. The van der Waals surface area contributed by atoms with Gasteiger partial charge in [-0.15, -0.1) is 11.3 Å². The van der Waals surface area contributed by atoms with Crippen LogP contribution in [0.5, 0.6) is 0 Å². The summed E-state index contributed by atoms with van der Waals surface area (Å²) in [5, 5.41) is 3.40. The van der Waals surface area contributed by atoms with E-state index in [4.69, 9.17) is 5.73 Å². The lowest BCUT2D eigenvalue weighted by Crippen LogP contribution is -2.38. The van der Waals surface area contributed by atoms with Crippen molar-refractivity contribution in [3.05, 3.63) is 16.1 Å². The highest BCUT2D eigenvalue weighted by Gasteiger charge is 2.28. The third-order valence-electron chi connectivity index (χ3n) is 4.03. The summed E-state index contributed by atoms with van der Waals surface area (Å²) >= 11 is 1.78. The number of nitrogens with zero attached hydrogens (tertiary/aromatic N) is 2. The maximum atomic E-state index is 6.01. The first-order valence-electron chi connectivity index (χ1n) is 7.44. The maximum absolute atomic E-state index is 6.01. The second-order valence-corrected chi connectivity index (χ2v) is 7.09. The lowest BCUT2D eigenvalue weighted by molar-refractivity contribution is 0.155. The minimum absolute atomic E-state index is 0.472. The van der Waals surface area contributed by atoms with E-state index in [0.29, 0.717) is 5.92 Å². The van der Waals surface area contributed by atoms with Gasteiger partial charge in [-0.05, 0) is 44.7 Å². The zero-order chi connectivity index (χ0) is 13.8. The van der Waals surface area contributed by atoms with Crippen LogP contribution in [0.3, 0.4) is 0 Å². The summed E-state index contributed by atoms with van der Waals surface area (Å²) in [6, 6.07) is 0. The van der Waals surface area contributed by atoms with Gasteiger partial charge in [-0.3, -0.25) is 0 Å². The number of aromatic nitrogens is 1. The minimum Gasteiger partial charge on any atom is -0.330 e. The molecule has 1 aliphatic rings. The van der Waals surface area contributed by atoms with Crippen molar-refractivity contribution < 1.29 is 0 Å². The molecule has 4 heteroatoms. The predicted molar refractivity (Wildman–Crippen MR) is 82.6 cm³/mol. The number of likely N-dealkylation sites (tertiary alicyclic amines) is 1. The number of thiazole rings is 1. The SMILES string of the molecule is Cc1csc(C(CN)C2CCN(CC(C)C)CC2)n1. The second kappa shape index (κ2) is 6.82. The smallest absolute Gasteiger partial charge is 0.0974 e. The van der Waals surface area contributed by atoms with Crippen LogP contribution in [0, 0.1) is 18.8 Å². The van der Waals surface area contributed by atoms with Crippen molar-refractivity contribution in [3.8, 4) is 0 Å². The molecule has 0 spiro atoms. The van der Waals surface area contributed by atoms with Crippen molar-refractivity contribution >= 4 is 11.3 Å². The fourth-order valence-corrected chi connectivity index (χ4v) is 4.10. The molecule has 1 aromatic rings. The molecule has 1 aliphatic heterocycles. The van der Waals surface area contributed by atoms with E-state index in [0.717, 1.165) is 24.1 Å². The number of aryl methyl sites for hydroxylation is 1. The van der Waals surface area contributed by atoms with E-state index in [2.05, 4.69) is 36.0 Å². The molecule has 3 nitrogen and oxygen atoms in total. The molecule has 0 amide bonds. The molecular weight excluding hydrogens is 254 g/mol. The van der Waals surface area contributed by atoms with Crippen LogP contribution in [0.4, 0.5) is 0 Å². The normalized spacial score (nSPS) is 20.1. The van der Waals surface area contributed by atoms with Crippen LogP contribution in [0.25, 0.3) is 0 Å². The van der Waals surface area contributed by atoms with Gasteiger partial charge in [0.25, 0.3) is 0 Å². The number of rotatable bonds is 5. The Morgan fingerprint density at radius 3 is 2.58 bits per heavy atom. The summed E-state index contributed by atoms with van der Waals surface area (Å²) in [4.78, 5) is 7.25. The molecule has 1 fully saturated rings. The monoisotopic (exact) mass is 281 g/mol. The number of hydrogen-bond acceptors (Lipinski definition) is 4. The van der Waals surface area contributed by atoms with Crippen molar-refractivity contribution in [2.75, 3.05) is 26.2 Å². The molecule has 108 valence electrons. The maximum Gasteiger partial charge on any atom is 0.0974 e. The predicted octanol–water partition coefficient (Wildman–Crippen LogP) is 2.86. The van der Waals surface area contributed by atoms with Crippen molar-refractivity contribution in [2.45, 2.75) is 39.5 Å². The molecule has 0 saturated carbocycles. The van der Waals surface area contributed by atoms with E-state index in [1.54, 1.807) is 11.3 Å². The van der Waals surface area contributed by atoms with Crippen LogP contribution in [0.1, 0.15) is 43.3 Å². The Labute approximate surface area is 121 Å². The summed E-state index contributed by atoms with van der Waals surface area (Å²) < 4.78 is 0. The van der Waals surface area contributed by atoms with Crippen LogP contribution >= 0.6 is 11.3 Å². The van der Waals surface area contributed by atoms with Gasteiger partial charge in [-0.2, -0.15) is 0 Å². The third-order valence-corrected chi connectivity index (χ3v) is 5.13. The van der Waals surface area contributed by atoms with Gasteiger partial charge in [0.15, 0.2) is 0 Å². The van der Waals surface area contributed by atoms with Crippen LogP contribution in [0.2, 0.25) is 0 Å². The van der Waals surface area contributed by atoms with Crippen LogP contribution in [-0.2, 0) is 0 Å². The molecule has 1 aromatic heterocycles. The number of piperidine rings is 1. The average molecular weight is 281 g/mol. The van der Waals surface area contributed by atoms with Crippen molar-refractivity contribution in [3.63, 3.8) is 0 Å². The summed E-state index contributed by atoms with van der Waals surface area (Å²) in [7, 11) is 0. The van der Waals surface area contributed by atoms with Gasteiger partial charge < -0.3 is 10.6 Å². The summed E-state index contributed by atoms with van der Waals surface area (Å²) in [5.41, 5.74) is 7.15. The first kappa shape index (κ1) is 14.9. The van der Waals surface area contributed by atoms with E-state index < -0.39 is 0 Å². The Morgan fingerprint density at radius 1 is 1.42 bits per heavy atom. The van der Waals surface area contributed by atoms with Gasteiger partial charge in [0.05, 0.1) is 5.01 Å². The van der Waals surface area contributed by atoms with Gasteiger partial charge in [-0.1, -0.05) is 13.8 Å². The molecule has 1 atom stereocenters. The van der Waals surface area contributed by atoms with E-state index in [1.165, 1.54) is 37.5 Å². The van der Waals surface area contributed by atoms with Gasteiger partial charge in [0.1, 0.15) is 0 Å². The standard InChI is InChI=1S/C15H27N3S/c1-11(2)9-18-6-4-13(5-7-18)14(8-16)15-17-12(3)10-19-15/h10-11,13-14H,4-9,16H2,1-3H3. The highest BCUT2D eigenvalue weighted by atomic mass is 32.1. The highest BCUT2D eigenvalue weighted by molar-refractivity contribution is 7.09. The Hall–Kier alpha value is -0.450. The third kappa shape index (κ3) is 4.01. The molecule has 2 rings (SSSR count). The molecular formula is C15H27N3S. The zero-order valence-corrected chi connectivity index (χ0v) is 13.2. The van der Waals surface area contributed by atoms with E-state index in [9.17, 15) is 0 Å². The van der Waals surface area contributed by atoms with Crippen molar-refractivity contribution in [1.82, 2.24) is 9.88 Å². The van der Waals surface area contributed by atoms with Crippen molar-refractivity contribution in [2.24, 2.45) is 17.6 Å². The summed E-state index contributed by atoms with van der Waals surface area (Å²) in [6.45, 7) is 11.1. The van der Waals surface area contributed by atoms with Crippen LogP contribution in [0.15, 0.2) is 5.38 Å². The highest BCUT2D eigenvalue weighted by Crippen LogP contribution is 2.33. The van der Waals surface area contributed by atoms with E-state index in [1.807, 2.05) is 0 Å². The van der Waals surface area contributed by atoms with Gasteiger partial charge in [0, 0.05) is 30.1 Å². The quantitative estimate of drug-likeness (QED) is 0.902. The summed E-state index contributed by atoms with van der Waals surface area (Å²) in [6.07, 6.45) is 2.54. The van der Waals surface area contributed by atoms with Gasteiger partial charge >= 0.3 is 0 Å². The Kier molecular flexibility index (Phi) is 5.37. The molecule has 0 aliphatic carbocycles. The number of nitrogens with two attached hydrogens (primary N) is 1. The average Bonchev–Trinajstić information content (AvgIpc) is 2.78. The van der Waals surface area contributed by atoms with Gasteiger partial charge in [-0.25, -0.2) is 4.98 Å². The Balaban J connectivity index is 1.92. The molecule has 19 heavy (non-hydrogen) atoms. The van der Waals surface area contributed by atoms with Gasteiger partial charge in [0.2, 0.25) is 0 Å². The molecule has 0 bridgehead atoms. The lowest BCUT2D eigenvalue weighted by atomic mass is 9.84. The molecule has 1 unspecified atom stereocenters. The lowest BCUT2D eigenvalue weighted by Gasteiger charge is -2.35. The first-order chi connectivity index (χ1) is 9.10. The molecule has 0 aromatic carbocycles. The van der Waals surface area contributed by atoms with Crippen molar-refractivity contribution in [1.29, 1.82) is 0 Å². The molecule has 1 saturated heterocycles. The largest absolute Gasteiger partial charge is 0.330 e. The van der Waals surface area contributed by atoms with E-state index >= 15 is 0 Å². The fourth-order valence-electron chi connectivity index (χ4n) is 3.09. The second-order valence-electron chi connectivity index (χ2n) is 6.20. The van der Waals surface area contributed by atoms with Crippen LogP contribution < -0.4 is 5.73 Å². The Bertz CT molecular complexity index is 380. The fraction of sp³-hybridized carbons (Fsp3) is 0.800. The molecule has 2 heterocycles. The van der Waals surface area contributed by atoms with E-state index in [-0.39, 0.29) is 0 Å². The summed E-state index contributed by atoms with van der Waals surface area (Å²) in [5.74, 6) is 1.96. The minimum atomic E-state index is 0.472. The van der Waals surface area contributed by atoms with Crippen LogP contribution in [-0.4, -0.2) is 36.1 Å².